The van der Waals surface area contributed by atoms with E-state index in [4.69, 9.17) is 22.1 Å². The number of nitrogens with zero attached hydrogens (tertiary/aromatic N) is 3. The molecular formula is C21H19ClFN5O2. The normalized spacial score (nSPS) is 12.3. The Hall–Kier alpha value is -3.39. The third-order valence-electron chi connectivity index (χ3n) is 5.15. The van der Waals surface area contributed by atoms with Crippen molar-refractivity contribution in [3.8, 4) is 16.9 Å². The van der Waals surface area contributed by atoms with Gasteiger partial charge in [-0.1, -0.05) is 18.5 Å². The first kappa shape index (κ1) is 19.9. The molecule has 154 valence electrons. The fourth-order valence-electron chi connectivity index (χ4n) is 3.70. The van der Waals surface area contributed by atoms with E-state index in [1.165, 1.54) is 17.9 Å². The SMILES string of the molecule is COc1ccc(F)c(Cl)c1C(C)c1c[nH]c2ncc(-c3cn(C)nc3C(N)=O)cc12. The van der Waals surface area contributed by atoms with E-state index in [2.05, 4.69) is 15.1 Å². The number of methoxy groups -OCH3 is 1. The first-order valence-corrected chi connectivity index (χ1v) is 9.52. The summed E-state index contributed by atoms with van der Waals surface area (Å²) in [4.78, 5) is 19.4. The monoisotopic (exact) mass is 427 g/mol. The molecule has 3 heterocycles. The molecule has 0 bridgehead atoms. The Morgan fingerprint density at radius 1 is 1.40 bits per heavy atom. The molecule has 1 aromatic carbocycles. The van der Waals surface area contributed by atoms with Crippen molar-refractivity contribution < 1.29 is 13.9 Å². The maximum absolute atomic E-state index is 14.2. The Balaban J connectivity index is 1.88. The Bertz CT molecular complexity index is 1280. The number of primary amides is 1. The Kier molecular flexibility index (Phi) is 4.95. The second-order valence-electron chi connectivity index (χ2n) is 6.99. The molecule has 0 aliphatic rings. The summed E-state index contributed by atoms with van der Waals surface area (Å²) in [5, 5.41) is 4.96. The highest BCUT2D eigenvalue weighted by molar-refractivity contribution is 6.31. The number of H-pyrrole nitrogens is 1. The number of rotatable bonds is 5. The summed E-state index contributed by atoms with van der Waals surface area (Å²) in [5.41, 5.74) is 8.96. The smallest absolute Gasteiger partial charge is 0.269 e. The number of halogens is 2. The molecular weight excluding hydrogens is 409 g/mol. The van der Waals surface area contributed by atoms with Crippen LogP contribution in [0.4, 0.5) is 4.39 Å². The molecule has 3 aromatic heterocycles. The van der Waals surface area contributed by atoms with Crippen molar-refractivity contribution in [1.29, 1.82) is 0 Å². The molecule has 1 amide bonds. The van der Waals surface area contributed by atoms with Gasteiger partial charge in [0.1, 0.15) is 17.2 Å². The zero-order chi connectivity index (χ0) is 21.6. The number of pyridine rings is 1. The van der Waals surface area contributed by atoms with Crippen molar-refractivity contribution in [2.45, 2.75) is 12.8 Å². The van der Waals surface area contributed by atoms with Crippen LogP contribution in [0.15, 0.2) is 36.8 Å². The van der Waals surface area contributed by atoms with Crippen molar-refractivity contribution in [2.24, 2.45) is 12.8 Å². The van der Waals surface area contributed by atoms with Crippen molar-refractivity contribution in [2.75, 3.05) is 7.11 Å². The number of hydrogen-bond donors (Lipinski definition) is 2. The summed E-state index contributed by atoms with van der Waals surface area (Å²) >= 11 is 6.28. The molecule has 4 aromatic rings. The lowest BCUT2D eigenvalue weighted by atomic mass is 9.91. The zero-order valence-electron chi connectivity index (χ0n) is 16.5. The van der Waals surface area contributed by atoms with Gasteiger partial charge in [-0.25, -0.2) is 9.37 Å². The van der Waals surface area contributed by atoms with Crippen LogP contribution in [0.3, 0.4) is 0 Å². The third-order valence-corrected chi connectivity index (χ3v) is 5.53. The third kappa shape index (κ3) is 3.19. The molecule has 0 fully saturated rings. The molecule has 0 aliphatic heterocycles. The van der Waals surface area contributed by atoms with Crippen LogP contribution in [0.1, 0.15) is 34.5 Å². The van der Waals surface area contributed by atoms with E-state index in [0.717, 1.165) is 10.9 Å². The lowest BCUT2D eigenvalue weighted by molar-refractivity contribution is 0.0995. The Morgan fingerprint density at radius 3 is 2.87 bits per heavy atom. The highest BCUT2D eigenvalue weighted by atomic mass is 35.5. The van der Waals surface area contributed by atoms with Crippen molar-refractivity contribution in [1.82, 2.24) is 19.7 Å². The summed E-state index contributed by atoms with van der Waals surface area (Å²) < 4.78 is 21.1. The number of ether oxygens (including phenoxy) is 1. The standard InChI is InChI=1S/C21H19ClFN5O2/c1-10(17-16(30-3)5-4-15(23)18(17)22)13-8-26-21-12(13)6-11(7-25-21)14-9-28(2)27-19(14)20(24)29/h4-10H,1-3H3,(H2,24,29)(H,25,26). The molecule has 0 spiro atoms. The first-order valence-electron chi connectivity index (χ1n) is 9.14. The lowest BCUT2D eigenvalue weighted by Crippen LogP contribution is -2.13. The van der Waals surface area contributed by atoms with E-state index >= 15 is 0 Å². The molecule has 1 unspecified atom stereocenters. The Morgan fingerprint density at radius 2 is 2.17 bits per heavy atom. The molecule has 0 saturated carbocycles. The van der Waals surface area contributed by atoms with Gasteiger partial charge in [-0.2, -0.15) is 5.10 Å². The maximum atomic E-state index is 14.2. The summed E-state index contributed by atoms with van der Waals surface area (Å²) in [6.45, 7) is 1.91. The number of nitrogens with two attached hydrogens (primary N) is 1. The summed E-state index contributed by atoms with van der Waals surface area (Å²) in [7, 11) is 3.23. The van der Waals surface area contributed by atoms with Crippen molar-refractivity contribution in [3.63, 3.8) is 0 Å². The van der Waals surface area contributed by atoms with E-state index in [9.17, 15) is 9.18 Å². The Labute approximate surface area is 176 Å². The van der Waals surface area contributed by atoms with E-state index in [-0.39, 0.29) is 16.6 Å². The number of benzene rings is 1. The number of amides is 1. The van der Waals surface area contributed by atoms with Gasteiger partial charge >= 0.3 is 0 Å². The molecule has 0 saturated heterocycles. The van der Waals surface area contributed by atoms with Crippen LogP contribution in [0.5, 0.6) is 5.75 Å². The van der Waals surface area contributed by atoms with Crippen molar-refractivity contribution in [3.05, 3.63) is 64.5 Å². The van der Waals surface area contributed by atoms with Gasteiger partial charge in [0.25, 0.3) is 5.91 Å². The summed E-state index contributed by atoms with van der Waals surface area (Å²) in [6, 6.07) is 4.73. The molecule has 0 radical (unpaired) electrons. The van der Waals surface area contributed by atoms with Crippen LogP contribution in [-0.4, -0.2) is 32.8 Å². The van der Waals surface area contributed by atoms with Gasteiger partial charge in [0, 0.05) is 53.6 Å². The lowest BCUT2D eigenvalue weighted by Gasteiger charge is -2.17. The van der Waals surface area contributed by atoms with Crippen molar-refractivity contribution >= 4 is 28.5 Å². The summed E-state index contributed by atoms with van der Waals surface area (Å²) in [6.07, 6.45) is 5.17. The highest BCUT2D eigenvalue weighted by Gasteiger charge is 2.23. The largest absolute Gasteiger partial charge is 0.496 e. The predicted molar refractivity (Wildman–Crippen MR) is 112 cm³/mol. The van der Waals surface area contributed by atoms with Gasteiger partial charge in [-0.15, -0.1) is 0 Å². The van der Waals surface area contributed by atoms with E-state index < -0.39 is 11.7 Å². The van der Waals surface area contributed by atoms with Crippen LogP contribution in [0.25, 0.3) is 22.2 Å². The van der Waals surface area contributed by atoms with Crippen LogP contribution in [0, 0.1) is 5.82 Å². The fourth-order valence-corrected chi connectivity index (χ4v) is 4.02. The van der Waals surface area contributed by atoms with Crippen LogP contribution >= 0.6 is 11.6 Å². The molecule has 9 heteroatoms. The zero-order valence-corrected chi connectivity index (χ0v) is 17.3. The van der Waals surface area contributed by atoms with E-state index in [1.54, 1.807) is 25.5 Å². The fraction of sp³-hybridized carbons (Fsp3) is 0.190. The first-order chi connectivity index (χ1) is 14.3. The minimum Gasteiger partial charge on any atom is -0.496 e. The van der Waals surface area contributed by atoms with Gasteiger partial charge in [0.2, 0.25) is 0 Å². The highest BCUT2D eigenvalue weighted by Crippen LogP contribution is 2.41. The van der Waals surface area contributed by atoms with Gasteiger partial charge in [-0.05, 0) is 23.8 Å². The van der Waals surface area contributed by atoms with E-state index in [0.29, 0.717) is 28.1 Å². The van der Waals surface area contributed by atoms with Gasteiger partial charge in [-0.3, -0.25) is 9.48 Å². The molecule has 0 aliphatic carbocycles. The number of aryl methyl sites for hydroxylation is 1. The van der Waals surface area contributed by atoms with Crippen LogP contribution in [-0.2, 0) is 7.05 Å². The molecule has 30 heavy (non-hydrogen) atoms. The molecule has 1 atom stereocenters. The quantitative estimate of drug-likeness (QED) is 0.502. The van der Waals surface area contributed by atoms with Gasteiger partial charge < -0.3 is 15.5 Å². The summed E-state index contributed by atoms with van der Waals surface area (Å²) in [5.74, 6) is -0.932. The number of aromatic nitrogens is 4. The molecule has 3 N–H and O–H groups in total. The maximum Gasteiger partial charge on any atom is 0.269 e. The molecule has 7 nitrogen and oxygen atoms in total. The number of fused-ring (bicyclic) bond motifs is 1. The van der Waals surface area contributed by atoms with E-state index in [1.807, 2.05) is 19.2 Å². The topological polar surface area (TPSA) is 98.8 Å². The number of carbonyl (C=O) groups excluding carboxylic acids is 1. The average molecular weight is 428 g/mol. The minimum atomic E-state index is -0.621. The second-order valence-corrected chi connectivity index (χ2v) is 7.37. The number of hydrogen-bond acceptors (Lipinski definition) is 4. The van der Waals surface area contributed by atoms with Crippen LogP contribution in [0.2, 0.25) is 5.02 Å². The minimum absolute atomic E-state index is 0.0172. The predicted octanol–water partition coefficient (Wildman–Crippen LogP) is 4.02. The number of aromatic amines is 1. The van der Waals surface area contributed by atoms with Crippen LogP contribution < -0.4 is 10.5 Å². The molecule has 4 rings (SSSR count). The van der Waals surface area contributed by atoms with Gasteiger partial charge in [0.15, 0.2) is 5.69 Å². The number of carbonyl (C=O) groups is 1. The average Bonchev–Trinajstić information content (AvgIpc) is 3.32. The number of nitrogens with one attached hydrogen (secondary N) is 1. The second kappa shape index (κ2) is 7.46. The van der Waals surface area contributed by atoms with Gasteiger partial charge in [0.05, 0.1) is 12.1 Å².